The highest BCUT2D eigenvalue weighted by molar-refractivity contribution is 9.10. The third-order valence-corrected chi connectivity index (χ3v) is 2.72. The minimum Gasteiger partial charge on any atom is -0.495 e. The molecule has 0 aromatic heterocycles. The standard InChI is InChI=1S/C10H10BrNO/c1-7-3-4-8(5-6-12)9(11)10(7)13-2/h3-4H,5H2,1-2H3. The van der Waals surface area contributed by atoms with Crippen molar-refractivity contribution in [3.63, 3.8) is 0 Å². The lowest BCUT2D eigenvalue weighted by Gasteiger charge is -2.09. The van der Waals surface area contributed by atoms with Crippen LogP contribution in [0.5, 0.6) is 5.75 Å². The fraction of sp³-hybridized carbons (Fsp3) is 0.300. The first-order chi connectivity index (χ1) is 6.20. The lowest BCUT2D eigenvalue weighted by atomic mass is 10.1. The molecule has 1 aromatic carbocycles. The molecule has 0 saturated heterocycles. The van der Waals surface area contributed by atoms with Gasteiger partial charge in [-0.15, -0.1) is 0 Å². The van der Waals surface area contributed by atoms with E-state index >= 15 is 0 Å². The van der Waals surface area contributed by atoms with Crippen molar-refractivity contribution in [2.24, 2.45) is 0 Å². The van der Waals surface area contributed by atoms with Crippen LogP contribution in [0.15, 0.2) is 16.6 Å². The van der Waals surface area contributed by atoms with E-state index in [-0.39, 0.29) is 0 Å². The van der Waals surface area contributed by atoms with E-state index in [4.69, 9.17) is 10.00 Å². The third-order valence-electron chi connectivity index (χ3n) is 1.85. The van der Waals surface area contributed by atoms with Gasteiger partial charge in [0.15, 0.2) is 0 Å². The van der Waals surface area contributed by atoms with E-state index < -0.39 is 0 Å². The summed E-state index contributed by atoms with van der Waals surface area (Å²) in [6.45, 7) is 1.97. The van der Waals surface area contributed by atoms with E-state index in [2.05, 4.69) is 22.0 Å². The van der Waals surface area contributed by atoms with Crippen LogP contribution in [0.3, 0.4) is 0 Å². The summed E-state index contributed by atoms with van der Waals surface area (Å²) < 4.78 is 6.09. The van der Waals surface area contributed by atoms with Crippen LogP contribution in [0.25, 0.3) is 0 Å². The van der Waals surface area contributed by atoms with Crippen LogP contribution in [0.2, 0.25) is 0 Å². The number of methoxy groups -OCH3 is 1. The van der Waals surface area contributed by atoms with Gasteiger partial charge in [-0.05, 0) is 34.0 Å². The monoisotopic (exact) mass is 239 g/mol. The zero-order valence-corrected chi connectivity index (χ0v) is 9.18. The second-order valence-corrected chi connectivity index (χ2v) is 3.52. The fourth-order valence-electron chi connectivity index (χ4n) is 1.17. The van der Waals surface area contributed by atoms with Gasteiger partial charge in [0.25, 0.3) is 0 Å². The van der Waals surface area contributed by atoms with E-state index in [0.29, 0.717) is 6.42 Å². The maximum absolute atomic E-state index is 8.57. The van der Waals surface area contributed by atoms with Crippen LogP contribution in [-0.4, -0.2) is 7.11 Å². The zero-order valence-electron chi connectivity index (χ0n) is 7.60. The Morgan fingerprint density at radius 1 is 1.54 bits per heavy atom. The van der Waals surface area contributed by atoms with Gasteiger partial charge in [0.2, 0.25) is 0 Å². The number of rotatable bonds is 2. The van der Waals surface area contributed by atoms with Gasteiger partial charge < -0.3 is 4.74 Å². The van der Waals surface area contributed by atoms with E-state index in [1.165, 1.54) is 0 Å². The molecule has 0 heterocycles. The lowest BCUT2D eigenvalue weighted by molar-refractivity contribution is 0.408. The first kappa shape index (κ1) is 10.1. The molecule has 3 heteroatoms. The van der Waals surface area contributed by atoms with Crippen molar-refractivity contribution in [1.82, 2.24) is 0 Å². The molecule has 0 saturated carbocycles. The number of nitrogens with zero attached hydrogens (tertiary/aromatic N) is 1. The minimum absolute atomic E-state index is 0.400. The summed E-state index contributed by atoms with van der Waals surface area (Å²) in [6, 6.07) is 6.00. The Morgan fingerprint density at radius 3 is 2.77 bits per heavy atom. The first-order valence-electron chi connectivity index (χ1n) is 3.89. The number of aryl methyl sites for hydroxylation is 1. The molecule has 68 valence electrons. The molecule has 0 unspecified atom stereocenters. The van der Waals surface area contributed by atoms with Gasteiger partial charge in [0, 0.05) is 0 Å². The smallest absolute Gasteiger partial charge is 0.136 e. The van der Waals surface area contributed by atoms with Crippen molar-refractivity contribution < 1.29 is 4.74 Å². The van der Waals surface area contributed by atoms with Crippen LogP contribution in [0, 0.1) is 18.3 Å². The van der Waals surface area contributed by atoms with Gasteiger partial charge >= 0.3 is 0 Å². The molecule has 0 aliphatic carbocycles. The second kappa shape index (κ2) is 4.29. The van der Waals surface area contributed by atoms with Crippen LogP contribution in [-0.2, 0) is 6.42 Å². The number of hydrogen-bond acceptors (Lipinski definition) is 2. The molecule has 0 aliphatic heterocycles. The molecule has 13 heavy (non-hydrogen) atoms. The largest absolute Gasteiger partial charge is 0.495 e. The van der Waals surface area contributed by atoms with Gasteiger partial charge in [0.1, 0.15) is 5.75 Å². The number of hydrogen-bond donors (Lipinski definition) is 0. The van der Waals surface area contributed by atoms with E-state index in [9.17, 15) is 0 Å². The summed E-state index contributed by atoms with van der Waals surface area (Å²) in [5.41, 5.74) is 2.03. The first-order valence-corrected chi connectivity index (χ1v) is 4.69. The van der Waals surface area contributed by atoms with E-state index in [0.717, 1.165) is 21.3 Å². The molecule has 0 aliphatic rings. The van der Waals surface area contributed by atoms with Crippen molar-refractivity contribution in [1.29, 1.82) is 5.26 Å². The molecule has 0 radical (unpaired) electrons. The van der Waals surface area contributed by atoms with Crippen LogP contribution >= 0.6 is 15.9 Å². The third kappa shape index (κ3) is 2.02. The molecule has 1 aromatic rings. The summed E-state index contributed by atoms with van der Waals surface area (Å²) in [5, 5.41) is 8.57. The van der Waals surface area contributed by atoms with Crippen molar-refractivity contribution >= 4 is 15.9 Å². The quantitative estimate of drug-likeness (QED) is 0.796. The molecular formula is C10H10BrNO. The number of nitriles is 1. The maximum Gasteiger partial charge on any atom is 0.136 e. The van der Waals surface area contributed by atoms with Crippen molar-refractivity contribution in [3.8, 4) is 11.8 Å². The van der Waals surface area contributed by atoms with E-state index in [1.807, 2.05) is 19.1 Å². The van der Waals surface area contributed by atoms with Gasteiger partial charge in [0.05, 0.1) is 24.1 Å². The summed E-state index contributed by atoms with van der Waals surface area (Å²) >= 11 is 3.42. The van der Waals surface area contributed by atoms with Gasteiger partial charge in [-0.2, -0.15) is 5.26 Å². The Balaban J connectivity index is 3.21. The van der Waals surface area contributed by atoms with Crippen molar-refractivity contribution in [3.05, 3.63) is 27.7 Å². The molecule has 0 fully saturated rings. The molecule has 0 amide bonds. The Bertz CT molecular complexity index is 355. The predicted molar refractivity (Wildman–Crippen MR) is 54.7 cm³/mol. The van der Waals surface area contributed by atoms with Crippen molar-refractivity contribution in [2.45, 2.75) is 13.3 Å². The normalized spacial score (nSPS) is 9.38. The Hall–Kier alpha value is -1.01. The SMILES string of the molecule is COc1c(C)ccc(CC#N)c1Br. The Morgan fingerprint density at radius 2 is 2.23 bits per heavy atom. The van der Waals surface area contributed by atoms with Crippen molar-refractivity contribution in [2.75, 3.05) is 7.11 Å². The molecule has 0 atom stereocenters. The zero-order chi connectivity index (χ0) is 9.84. The predicted octanol–water partition coefficient (Wildman–Crippen LogP) is 2.83. The summed E-state index contributed by atoms with van der Waals surface area (Å²) in [6.07, 6.45) is 0.400. The van der Waals surface area contributed by atoms with E-state index in [1.54, 1.807) is 7.11 Å². The topological polar surface area (TPSA) is 33.0 Å². The molecule has 0 N–H and O–H groups in total. The molecular weight excluding hydrogens is 230 g/mol. The summed E-state index contributed by atoms with van der Waals surface area (Å²) in [7, 11) is 1.63. The van der Waals surface area contributed by atoms with Gasteiger partial charge in [-0.3, -0.25) is 0 Å². The van der Waals surface area contributed by atoms with Gasteiger partial charge in [-0.25, -0.2) is 0 Å². The maximum atomic E-state index is 8.57. The molecule has 0 spiro atoms. The van der Waals surface area contributed by atoms with Crippen LogP contribution in [0.4, 0.5) is 0 Å². The Labute approximate surface area is 86.3 Å². The number of benzene rings is 1. The second-order valence-electron chi connectivity index (χ2n) is 2.72. The highest BCUT2D eigenvalue weighted by Gasteiger charge is 2.08. The average molecular weight is 240 g/mol. The highest BCUT2D eigenvalue weighted by atomic mass is 79.9. The van der Waals surface area contributed by atoms with Crippen LogP contribution < -0.4 is 4.74 Å². The molecule has 0 bridgehead atoms. The Kier molecular flexibility index (Phi) is 3.32. The average Bonchev–Trinajstić information content (AvgIpc) is 2.11. The number of ether oxygens (including phenoxy) is 1. The number of halogens is 1. The lowest BCUT2D eigenvalue weighted by Crippen LogP contribution is -1.92. The van der Waals surface area contributed by atoms with Crippen LogP contribution in [0.1, 0.15) is 11.1 Å². The molecule has 1 rings (SSSR count). The summed E-state index contributed by atoms with van der Waals surface area (Å²) in [5.74, 6) is 0.813. The minimum atomic E-state index is 0.400. The van der Waals surface area contributed by atoms with Gasteiger partial charge in [-0.1, -0.05) is 12.1 Å². The molecule has 2 nitrogen and oxygen atoms in total. The fourth-order valence-corrected chi connectivity index (χ4v) is 1.91. The highest BCUT2D eigenvalue weighted by Crippen LogP contribution is 2.31. The summed E-state index contributed by atoms with van der Waals surface area (Å²) in [4.78, 5) is 0.